The van der Waals surface area contributed by atoms with Crippen molar-refractivity contribution in [2.24, 2.45) is 0 Å². The van der Waals surface area contributed by atoms with E-state index >= 15 is 0 Å². The van der Waals surface area contributed by atoms with Crippen LogP contribution in [0.1, 0.15) is 87.5 Å². The van der Waals surface area contributed by atoms with Crippen LogP contribution in [0, 0.1) is 0 Å². The molecule has 118 valence electrons. The van der Waals surface area contributed by atoms with E-state index in [1.165, 1.54) is 22.3 Å². The van der Waals surface area contributed by atoms with Crippen LogP contribution < -0.4 is 0 Å². The quantitative estimate of drug-likeness (QED) is 0.566. The molecule has 0 N–H and O–H groups in total. The Morgan fingerprint density at radius 3 is 0.864 bits per heavy atom. The van der Waals surface area contributed by atoms with E-state index in [0.29, 0.717) is 23.7 Å². The van der Waals surface area contributed by atoms with Crippen molar-refractivity contribution in [2.75, 3.05) is 0 Å². The molecule has 0 bridgehead atoms. The van der Waals surface area contributed by atoms with Gasteiger partial charge in [0.25, 0.3) is 0 Å². The zero-order chi connectivity index (χ0) is 16.3. The average Bonchev–Trinajstić information content (AvgIpc) is 2.53. The van der Waals surface area contributed by atoms with Gasteiger partial charge in [0.1, 0.15) is 0 Å². The molecule has 0 aromatic heterocycles. The van der Waals surface area contributed by atoms with Gasteiger partial charge >= 0.3 is 0 Å². The maximum absolute atomic E-state index is 2.34. The standard InChI is InChI=1S/C22H30/c1-15(2)19-7-11-21(12-8-19)17(5)18(6)22-13-9-20(10-14-22)16(3)4/h7-18H,1-6H3/t17-,18-/m1/s1. The van der Waals surface area contributed by atoms with Gasteiger partial charge in [0.2, 0.25) is 0 Å². The molecule has 2 rings (SSSR count). The van der Waals surface area contributed by atoms with E-state index in [0.717, 1.165) is 0 Å². The van der Waals surface area contributed by atoms with Crippen LogP contribution in [0.5, 0.6) is 0 Å². The van der Waals surface area contributed by atoms with Crippen molar-refractivity contribution < 1.29 is 0 Å². The summed E-state index contributed by atoms with van der Waals surface area (Å²) < 4.78 is 0. The Kier molecular flexibility index (Phi) is 5.45. The Balaban J connectivity index is 2.15. The molecule has 2 atom stereocenters. The van der Waals surface area contributed by atoms with Gasteiger partial charge < -0.3 is 0 Å². The number of hydrogen-bond acceptors (Lipinski definition) is 0. The summed E-state index contributed by atoms with van der Waals surface area (Å²) in [5, 5.41) is 0. The van der Waals surface area contributed by atoms with Crippen LogP contribution in [0.15, 0.2) is 48.5 Å². The highest BCUT2D eigenvalue weighted by Crippen LogP contribution is 2.33. The summed E-state index contributed by atoms with van der Waals surface area (Å²) in [6.07, 6.45) is 0. The normalized spacial score (nSPS) is 14.4. The maximum atomic E-state index is 2.34. The highest BCUT2D eigenvalue weighted by Gasteiger charge is 2.16. The van der Waals surface area contributed by atoms with Crippen LogP contribution in [0.4, 0.5) is 0 Å². The van der Waals surface area contributed by atoms with Crippen molar-refractivity contribution in [1.82, 2.24) is 0 Å². The van der Waals surface area contributed by atoms with Crippen LogP contribution in [0.2, 0.25) is 0 Å². The molecule has 0 saturated heterocycles. The Hall–Kier alpha value is -1.56. The van der Waals surface area contributed by atoms with Gasteiger partial charge in [-0.3, -0.25) is 0 Å². The summed E-state index contributed by atoms with van der Waals surface area (Å²) in [6.45, 7) is 13.7. The zero-order valence-electron chi connectivity index (χ0n) is 14.9. The van der Waals surface area contributed by atoms with E-state index in [1.54, 1.807) is 0 Å². The molecule has 0 nitrogen and oxygen atoms in total. The monoisotopic (exact) mass is 294 g/mol. The van der Waals surface area contributed by atoms with Gasteiger partial charge in [0, 0.05) is 0 Å². The summed E-state index contributed by atoms with van der Waals surface area (Å²) in [6, 6.07) is 18.3. The van der Waals surface area contributed by atoms with Crippen LogP contribution in [-0.4, -0.2) is 0 Å². The smallest absolute Gasteiger partial charge is 0.0124 e. The molecule has 2 aromatic carbocycles. The topological polar surface area (TPSA) is 0 Å². The van der Waals surface area contributed by atoms with Gasteiger partial charge in [0.15, 0.2) is 0 Å². The van der Waals surface area contributed by atoms with E-state index < -0.39 is 0 Å². The third-order valence-corrected chi connectivity index (χ3v) is 5.01. The highest BCUT2D eigenvalue weighted by molar-refractivity contribution is 5.32. The molecule has 0 fully saturated rings. The Labute approximate surface area is 136 Å². The molecule has 0 aliphatic heterocycles. The van der Waals surface area contributed by atoms with Crippen LogP contribution in [0.3, 0.4) is 0 Å². The van der Waals surface area contributed by atoms with Crippen molar-refractivity contribution in [2.45, 2.75) is 65.2 Å². The van der Waals surface area contributed by atoms with Gasteiger partial charge in [-0.05, 0) is 45.9 Å². The van der Waals surface area contributed by atoms with E-state index in [2.05, 4.69) is 90.1 Å². The van der Waals surface area contributed by atoms with E-state index in [9.17, 15) is 0 Å². The minimum absolute atomic E-state index is 0.533. The molecule has 0 heteroatoms. The van der Waals surface area contributed by atoms with Crippen LogP contribution in [0.25, 0.3) is 0 Å². The van der Waals surface area contributed by atoms with E-state index in [4.69, 9.17) is 0 Å². The highest BCUT2D eigenvalue weighted by atomic mass is 14.2. The van der Waals surface area contributed by atoms with Gasteiger partial charge in [-0.2, -0.15) is 0 Å². The Bertz CT molecular complexity index is 517. The second-order valence-corrected chi connectivity index (χ2v) is 7.22. The third-order valence-electron chi connectivity index (χ3n) is 5.01. The van der Waals surface area contributed by atoms with E-state index in [1.807, 2.05) is 0 Å². The average molecular weight is 294 g/mol. The molecule has 0 unspecified atom stereocenters. The van der Waals surface area contributed by atoms with Crippen molar-refractivity contribution in [3.63, 3.8) is 0 Å². The molecule has 22 heavy (non-hydrogen) atoms. The first-order chi connectivity index (χ1) is 10.4. The fraction of sp³-hybridized carbons (Fsp3) is 0.455. The first-order valence-corrected chi connectivity index (χ1v) is 8.59. The number of benzene rings is 2. The fourth-order valence-electron chi connectivity index (χ4n) is 2.95. The van der Waals surface area contributed by atoms with E-state index in [-0.39, 0.29) is 0 Å². The first kappa shape index (κ1) is 16.8. The Morgan fingerprint density at radius 1 is 0.409 bits per heavy atom. The van der Waals surface area contributed by atoms with Crippen molar-refractivity contribution in [1.29, 1.82) is 0 Å². The number of rotatable bonds is 5. The summed E-state index contributed by atoms with van der Waals surface area (Å²) in [5.41, 5.74) is 5.71. The summed E-state index contributed by atoms with van der Waals surface area (Å²) in [5.74, 6) is 2.27. The molecule has 0 aliphatic rings. The summed E-state index contributed by atoms with van der Waals surface area (Å²) >= 11 is 0. The molecular weight excluding hydrogens is 264 g/mol. The second kappa shape index (κ2) is 7.13. The van der Waals surface area contributed by atoms with Gasteiger partial charge in [-0.15, -0.1) is 0 Å². The first-order valence-electron chi connectivity index (χ1n) is 8.59. The van der Waals surface area contributed by atoms with Crippen LogP contribution >= 0.6 is 0 Å². The largest absolute Gasteiger partial charge is 0.0587 e. The predicted octanol–water partition coefficient (Wildman–Crippen LogP) is 6.84. The van der Waals surface area contributed by atoms with Gasteiger partial charge in [0.05, 0.1) is 0 Å². The molecule has 0 radical (unpaired) electrons. The lowest BCUT2D eigenvalue weighted by Crippen LogP contribution is -2.05. The van der Waals surface area contributed by atoms with Crippen molar-refractivity contribution >= 4 is 0 Å². The molecule has 0 aliphatic carbocycles. The summed E-state index contributed by atoms with van der Waals surface area (Å²) in [7, 11) is 0. The van der Waals surface area contributed by atoms with Gasteiger partial charge in [-0.25, -0.2) is 0 Å². The van der Waals surface area contributed by atoms with Crippen molar-refractivity contribution in [3.05, 3.63) is 70.8 Å². The summed E-state index contributed by atoms with van der Waals surface area (Å²) in [4.78, 5) is 0. The van der Waals surface area contributed by atoms with Crippen molar-refractivity contribution in [3.8, 4) is 0 Å². The molecule has 2 aromatic rings. The Morgan fingerprint density at radius 2 is 0.636 bits per heavy atom. The number of hydrogen-bond donors (Lipinski definition) is 0. The lowest BCUT2D eigenvalue weighted by molar-refractivity contribution is 0.622. The molecule has 0 heterocycles. The minimum Gasteiger partial charge on any atom is -0.0587 e. The SMILES string of the molecule is CC(C)c1ccc([C@H](C)[C@@H](C)c2ccc(C(C)C)cc2)cc1. The van der Waals surface area contributed by atoms with Crippen LogP contribution in [-0.2, 0) is 0 Å². The molecule has 0 saturated carbocycles. The maximum Gasteiger partial charge on any atom is -0.0124 e. The van der Waals surface area contributed by atoms with Gasteiger partial charge in [-0.1, -0.05) is 90.1 Å². The lowest BCUT2D eigenvalue weighted by atomic mass is 9.83. The minimum atomic E-state index is 0.533. The zero-order valence-corrected chi connectivity index (χ0v) is 14.9. The third kappa shape index (κ3) is 3.80. The lowest BCUT2D eigenvalue weighted by Gasteiger charge is -2.22. The second-order valence-electron chi connectivity index (χ2n) is 7.22. The molecular formula is C22H30. The predicted molar refractivity (Wildman–Crippen MR) is 97.9 cm³/mol. The molecule has 0 amide bonds. The molecule has 0 spiro atoms. The fourth-order valence-corrected chi connectivity index (χ4v) is 2.95.